The van der Waals surface area contributed by atoms with Crippen molar-refractivity contribution < 1.29 is 9.31 Å². The predicted octanol–water partition coefficient (Wildman–Crippen LogP) is 3.81. The first-order valence-electron chi connectivity index (χ1n) is 7.38. The Morgan fingerprint density at radius 1 is 1.27 bits per heavy atom. The molecule has 1 aliphatic rings. The van der Waals surface area contributed by atoms with E-state index in [1.54, 1.807) is 0 Å². The fourth-order valence-electron chi connectivity index (χ4n) is 2.29. The number of benzene rings is 1. The monoisotopic (exact) mass is 315 g/mol. The fourth-order valence-corrected chi connectivity index (χ4v) is 2.53. The lowest BCUT2D eigenvalue weighted by Gasteiger charge is -2.32. The predicted molar refractivity (Wildman–Crippen MR) is 93.8 cm³/mol. The molecule has 22 heavy (non-hydrogen) atoms. The first kappa shape index (κ1) is 17.1. The first-order chi connectivity index (χ1) is 10.2. The molecule has 0 radical (unpaired) electrons. The highest BCUT2D eigenvalue weighted by molar-refractivity contribution is 7.80. The second kappa shape index (κ2) is 6.12. The van der Waals surface area contributed by atoms with Crippen LogP contribution < -0.4 is 0 Å². The first-order valence-corrected chi connectivity index (χ1v) is 8.01. The zero-order valence-corrected chi connectivity index (χ0v) is 14.7. The Kier molecular flexibility index (Phi) is 4.77. The number of aryl methyl sites for hydroxylation is 1. The number of thiol groups is 1. The van der Waals surface area contributed by atoms with Gasteiger partial charge in [-0.15, -0.1) is 0 Å². The van der Waals surface area contributed by atoms with Gasteiger partial charge in [0, 0.05) is 5.75 Å². The Hall–Kier alpha value is -1.22. The Morgan fingerprint density at radius 2 is 1.86 bits per heavy atom. The van der Waals surface area contributed by atoms with Crippen LogP contribution in [0.5, 0.6) is 0 Å². The summed E-state index contributed by atoms with van der Waals surface area (Å²) in [6.45, 7) is 10.1. The van der Waals surface area contributed by atoms with Crippen molar-refractivity contribution in [1.82, 2.24) is 0 Å². The van der Waals surface area contributed by atoms with Crippen LogP contribution in [0.2, 0.25) is 0 Å². The maximum atomic E-state index is 9.27. The highest BCUT2D eigenvalue weighted by Crippen LogP contribution is 2.39. The SMILES string of the molecule is Cc1ccc(C#N)c(C=C(CS)B2OC(C)(C)C(C)(C)O2)c1. The number of hydrogen-bond donors (Lipinski definition) is 1. The summed E-state index contributed by atoms with van der Waals surface area (Å²) in [6.07, 6.45) is 1.96. The van der Waals surface area contributed by atoms with Gasteiger partial charge in [-0.05, 0) is 51.7 Å². The Morgan fingerprint density at radius 3 is 2.36 bits per heavy atom. The van der Waals surface area contributed by atoms with E-state index in [1.807, 2.05) is 58.9 Å². The molecule has 0 spiro atoms. The zero-order chi connectivity index (χ0) is 16.5. The number of rotatable bonds is 3. The van der Waals surface area contributed by atoms with Gasteiger partial charge in [0.25, 0.3) is 0 Å². The van der Waals surface area contributed by atoms with Gasteiger partial charge in [-0.3, -0.25) is 0 Å². The van der Waals surface area contributed by atoms with Crippen LogP contribution in [0.25, 0.3) is 6.08 Å². The lowest BCUT2D eigenvalue weighted by molar-refractivity contribution is 0.00578. The lowest BCUT2D eigenvalue weighted by Crippen LogP contribution is -2.41. The van der Waals surface area contributed by atoms with Crippen molar-refractivity contribution in [3.8, 4) is 6.07 Å². The van der Waals surface area contributed by atoms with Crippen molar-refractivity contribution in [3.63, 3.8) is 0 Å². The van der Waals surface area contributed by atoms with Crippen molar-refractivity contribution in [1.29, 1.82) is 5.26 Å². The molecular formula is C17H22BNO2S. The summed E-state index contributed by atoms with van der Waals surface area (Å²) >= 11 is 4.41. The van der Waals surface area contributed by atoms with Crippen LogP contribution in [0.15, 0.2) is 23.7 Å². The minimum atomic E-state index is -0.436. The molecule has 2 rings (SSSR count). The van der Waals surface area contributed by atoms with Crippen LogP contribution in [0.1, 0.15) is 44.4 Å². The standard InChI is InChI=1S/C17H22BNO2S/c1-12-6-7-13(10-19)14(8-12)9-15(11-22)18-20-16(2,3)17(4,5)21-18/h6-9,22H,11H2,1-5H3. The van der Waals surface area contributed by atoms with E-state index in [0.29, 0.717) is 11.3 Å². The molecular weight excluding hydrogens is 293 g/mol. The van der Waals surface area contributed by atoms with Crippen LogP contribution >= 0.6 is 12.6 Å². The van der Waals surface area contributed by atoms with Gasteiger partial charge in [-0.1, -0.05) is 23.8 Å². The highest BCUT2D eigenvalue weighted by atomic mass is 32.1. The molecule has 0 unspecified atom stereocenters. The van der Waals surface area contributed by atoms with E-state index < -0.39 is 7.12 Å². The molecule has 1 fully saturated rings. The largest absolute Gasteiger partial charge is 0.491 e. The quantitative estimate of drug-likeness (QED) is 0.681. The molecule has 1 aromatic carbocycles. The van der Waals surface area contributed by atoms with Crippen molar-refractivity contribution in [2.24, 2.45) is 0 Å². The van der Waals surface area contributed by atoms with Gasteiger partial charge in [-0.25, -0.2) is 0 Å². The Bertz CT molecular complexity index is 631. The van der Waals surface area contributed by atoms with Gasteiger partial charge >= 0.3 is 7.12 Å². The topological polar surface area (TPSA) is 42.2 Å². The zero-order valence-electron chi connectivity index (χ0n) is 13.8. The average molecular weight is 315 g/mol. The summed E-state index contributed by atoms with van der Waals surface area (Å²) in [5.74, 6) is 0.510. The van der Waals surface area contributed by atoms with E-state index in [0.717, 1.165) is 16.6 Å². The molecule has 1 heterocycles. The van der Waals surface area contributed by atoms with E-state index in [-0.39, 0.29) is 11.2 Å². The maximum Gasteiger partial charge on any atom is 0.491 e. The summed E-state index contributed by atoms with van der Waals surface area (Å²) in [5.41, 5.74) is 2.78. The minimum Gasteiger partial charge on any atom is -0.400 e. The van der Waals surface area contributed by atoms with E-state index in [1.165, 1.54) is 0 Å². The third kappa shape index (κ3) is 3.25. The molecule has 0 aromatic heterocycles. The minimum absolute atomic E-state index is 0.385. The summed E-state index contributed by atoms with van der Waals surface area (Å²) in [7, 11) is -0.436. The highest BCUT2D eigenvalue weighted by Gasteiger charge is 2.52. The van der Waals surface area contributed by atoms with Gasteiger partial charge in [0.2, 0.25) is 0 Å². The normalized spacial score (nSPS) is 20.0. The van der Waals surface area contributed by atoms with Crippen molar-refractivity contribution in [3.05, 3.63) is 40.4 Å². The van der Waals surface area contributed by atoms with Crippen LogP contribution in [-0.4, -0.2) is 24.1 Å². The number of hydrogen-bond acceptors (Lipinski definition) is 4. The molecule has 0 aliphatic carbocycles. The van der Waals surface area contributed by atoms with Gasteiger partial charge in [0.15, 0.2) is 0 Å². The van der Waals surface area contributed by atoms with Gasteiger partial charge in [0.1, 0.15) is 0 Å². The average Bonchev–Trinajstić information content (AvgIpc) is 2.64. The third-order valence-electron chi connectivity index (χ3n) is 4.41. The fraction of sp³-hybridized carbons (Fsp3) is 0.471. The molecule has 0 bridgehead atoms. The second-order valence-electron chi connectivity index (χ2n) is 6.67. The lowest BCUT2D eigenvalue weighted by atomic mass is 9.78. The van der Waals surface area contributed by atoms with E-state index in [9.17, 15) is 5.26 Å². The summed E-state index contributed by atoms with van der Waals surface area (Å²) in [5, 5.41) is 9.27. The molecule has 0 amide bonds. The molecule has 0 atom stereocenters. The molecule has 1 aliphatic heterocycles. The van der Waals surface area contributed by atoms with E-state index in [4.69, 9.17) is 9.31 Å². The van der Waals surface area contributed by atoms with Crippen LogP contribution in [0.4, 0.5) is 0 Å². The second-order valence-corrected chi connectivity index (χ2v) is 6.98. The number of nitriles is 1. The van der Waals surface area contributed by atoms with Gasteiger partial charge < -0.3 is 9.31 Å². The van der Waals surface area contributed by atoms with Crippen molar-refractivity contribution >= 4 is 25.8 Å². The summed E-state index contributed by atoms with van der Waals surface area (Å²) in [6, 6.07) is 7.99. The Labute approximate surface area is 138 Å². The summed E-state index contributed by atoms with van der Waals surface area (Å²) < 4.78 is 12.1. The molecule has 0 saturated carbocycles. The molecule has 0 N–H and O–H groups in total. The third-order valence-corrected chi connectivity index (χ3v) is 4.77. The van der Waals surface area contributed by atoms with E-state index in [2.05, 4.69) is 18.7 Å². The van der Waals surface area contributed by atoms with Crippen molar-refractivity contribution in [2.45, 2.75) is 45.8 Å². The molecule has 1 saturated heterocycles. The van der Waals surface area contributed by atoms with Crippen LogP contribution in [-0.2, 0) is 9.31 Å². The molecule has 116 valence electrons. The van der Waals surface area contributed by atoms with Crippen molar-refractivity contribution in [2.75, 3.05) is 5.75 Å². The van der Waals surface area contributed by atoms with Crippen LogP contribution in [0.3, 0.4) is 0 Å². The molecule has 1 aromatic rings. The summed E-state index contributed by atoms with van der Waals surface area (Å²) in [4.78, 5) is 0. The smallest absolute Gasteiger partial charge is 0.400 e. The molecule has 3 nitrogen and oxygen atoms in total. The maximum absolute atomic E-state index is 9.27. The Balaban J connectivity index is 2.38. The number of nitrogens with zero attached hydrogens (tertiary/aromatic N) is 1. The van der Waals surface area contributed by atoms with Gasteiger partial charge in [0.05, 0.1) is 22.8 Å². The van der Waals surface area contributed by atoms with Crippen LogP contribution in [0, 0.1) is 18.3 Å². The van der Waals surface area contributed by atoms with E-state index >= 15 is 0 Å². The molecule has 5 heteroatoms. The van der Waals surface area contributed by atoms with Gasteiger partial charge in [-0.2, -0.15) is 17.9 Å².